The quantitative estimate of drug-likeness (QED) is 0.638. The molecular formula is C20H21N3O. The van der Waals surface area contributed by atoms with Crippen LogP contribution in [-0.2, 0) is 0 Å². The third-order valence-corrected chi connectivity index (χ3v) is 3.31. The van der Waals surface area contributed by atoms with Crippen molar-refractivity contribution >= 4 is 22.7 Å². The van der Waals surface area contributed by atoms with Crippen molar-refractivity contribution in [3.8, 4) is 0 Å². The van der Waals surface area contributed by atoms with Crippen LogP contribution in [0.3, 0.4) is 0 Å². The number of para-hydroxylation sites is 2. The SMILES string of the molecule is CN(C)c1ccc(N=O)cc1.c1ccc(Nc2ccccc2)cc1. The van der Waals surface area contributed by atoms with Gasteiger partial charge in [-0.3, -0.25) is 0 Å². The third kappa shape index (κ3) is 5.57. The van der Waals surface area contributed by atoms with Gasteiger partial charge >= 0.3 is 0 Å². The third-order valence-electron chi connectivity index (χ3n) is 3.31. The summed E-state index contributed by atoms with van der Waals surface area (Å²) in [6.45, 7) is 0. The van der Waals surface area contributed by atoms with Gasteiger partial charge in [0.1, 0.15) is 5.69 Å². The van der Waals surface area contributed by atoms with Crippen LogP contribution in [0.1, 0.15) is 0 Å². The Morgan fingerprint density at radius 1 is 0.708 bits per heavy atom. The van der Waals surface area contributed by atoms with Gasteiger partial charge in [-0.25, -0.2) is 0 Å². The second kappa shape index (κ2) is 9.10. The standard InChI is InChI=1S/C12H11N.C8H10N2O/c1-3-7-11(8-4-1)13-12-9-5-2-6-10-12;1-10(2)8-5-3-7(9-11)4-6-8/h1-10,13H;3-6H,1-2H3. The van der Waals surface area contributed by atoms with Gasteiger partial charge in [-0.05, 0) is 53.7 Å². The summed E-state index contributed by atoms with van der Waals surface area (Å²) < 4.78 is 0. The van der Waals surface area contributed by atoms with E-state index in [4.69, 9.17) is 0 Å². The highest BCUT2D eigenvalue weighted by Crippen LogP contribution is 2.17. The van der Waals surface area contributed by atoms with Gasteiger partial charge in [-0.1, -0.05) is 36.4 Å². The average Bonchev–Trinajstić information content (AvgIpc) is 2.64. The Balaban J connectivity index is 0.000000177. The van der Waals surface area contributed by atoms with Crippen LogP contribution in [-0.4, -0.2) is 14.1 Å². The zero-order chi connectivity index (χ0) is 17.2. The highest BCUT2D eigenvalue weighted by Gasteiger charge is 1.94. The summed E-state index contributed by atoms with van der Waals surface area (Å²) in [5.41, 5.74) is 3.77. The van der Waals surface area contributed by atoms with Crippen LogP contribution in [0.25, 0.3) is 0 Å². The molecule has 0 aliphatic heterocycles. The maximum Gasteiger partial charge on any atom is 0.108 e. The summed E-state index contributed by atoms with van der Waals surface area (Å²) in [4.78, 5) is 12.0. The summed E-state index contributed by atoms with van der Waals surface area (Å²) in [6.07, 6.45) is 0. The Bertz CT molecular complexity index is 688. The lowest BCUT2D eigenvalue weighted by molar-refractivity contribution is 1.13. The molecule has 0 heterocycles. The molecule has 3 aromatic carbocycles. The number of nitrogens with zero attached hydrogens (tertiary/aromatic N) is 2. The molecule has 3 rings (SSSR count). The molecule has 0 saturated heterocycles. The number of anilines is 3. The molecule has 0 bridgehead atoms. The van der Waals surface area contributed by atoms with Crippen LogP contribution in [0.2, 0.25) is 0 Å². The number of nitrogens with one attached hydrogen (secondary N) is 1. The maximum absolute atomic E-state index is 10.0. The topological polar surface area (TPSA) is 44.7 Å². The first-order chi connectivity index (χ1) is 11.7. The van der Waals surface area contributed by atoms with E-state index in [1.807, 2.05) is 91.8 Å². The first-order valence-electron chi connectivity index (χ1n) is 7.67. The van der Waals surface area contributed by atoms with E-state index in [9.17, 15) is 4.91 Å². The summed E-state index contributed by atoms with van der Waals surface area (Å²) in [6, 6.07) is 27.4. The van der Waals surface area contributed by atoms with Gasteiger partial charge in [-0.15, -0.1) is 4.91 Å². The number of rotatable bonds is 4. The van der Waals surface area contributed by atoms with Gasteiger partial charge in [0.25, 0.3) is 0 Å². The minimum absolute atomic E-state index is 0.468. The van der Waals surface area contributed by atoms with E-state index >= 15 is 0 Å². The molecule has 0 saturated carbocycles. The van der Waals surface area contributed by atoms with Crippen LogP contribution >= 0.6 is 0 Å². The molecule has 122 valence electrons. The molecule has 0 atom stereocenters. The Kier molecular flexibility index (Phi) is 6.53. The molecular weight excluding hydrogens is 298 g/mol. The molecule has 0 unspecified atom stereocenters. The van der Waals surface area contributed by atoms with Crippen LogP contribution in [0.5, 0.6) is 0 Å². The van der Waals surface area contributed by atoms with Crippen molar-refractivity contribution in [2.24, 2.45) is 5.18 Å². The van der Waals surface area contributed by atoms with Gasteiger partial charge in [0.05, 0.1) is 0 Å². The summed E-state index contributed by atoms with van der Waals surface area (Å²) in [7, 11) is 3.90. The zero-order valence-corrected chi connectivity index (χ0v) is 13.9. The minimum Gasteiger partial charge on any atom is -0.378 e. The van der Waals surface area contributed by atoms with Crippen molar-refractivity contribution in [2.45, 2.75) is 0 Å². The number of benzene rings is 3. The minimum atomic E-state index is 0.468. The Hall–Kier alpha value is -3.14. The van der Waals surface area contributed by atoms with E-state index in [0.29, 0.717) is 5.69 Å². The summed E-state index contributed by atoms with van der Waals surface area (Å²) in [5.74, 6) is 0. The monoisotopic (exact) mass is 319 g/mol. The van der Waals surface area contributed by atoms with Gasteiger partial charge in [0.15, 0.2) is 0 Å². The molecule has 0 spiro atoms. The Morgan fingerprint density at radius 3 is 1.54 bits per heavy atom. The van der Waals surface area contributed by atoms with E-state index in [0.717, 1.165) is 17.1 Å². The first kappa shape index (κ1) is 17.2. The van der Waals surface area contributed by atoms with Crippen molar-refractivity contribution in [3.63, 3.8) is 0 Å². The van der Waals surface area contributed by atoms with Gasteiger partial charge < -0.3 is 10.2 Å². The maximum atomic E-state index is 10.0. The fourth-order valence-corrected chi connectivity index (χ4v) is 2.02. The Labute approximate surface area is 142 Å². The lowest BCUT2D eigenvalue weighted by atomic mass is 10.3. The molecule has 24 heavy (non-hydrogen) atoms. The highest BCUT2D eigenvalue weighted by molar-refractivity contribution is 5.58. The zero-order valence-electron chi connectivity index (χ0n) is 13.9. The highest BCUT2D eigenvalue weighted by atomic mass is 16.3. The van der Waals surface area contributed by atoms with Gasteiger partial charge in [0, 0.05) is 31.2 Å². The molecule has 4 nitrogen and oxygen atoms in total. The van der Waals surface area contributed by atoms with Gasteiger partial charge in [0.2, 0.25) is 0 Å². The van der Waals surface area contributed by atoms with Crippen molar-refractivity contribution in [2.75, 3.05) is 24.3 Å². The molecule has 0 aromatic heterocycles. The fraction of sp³-hybridized carbons (Fsp3) is 0.100. The normalized spacial score (nSPS) is 9.42. The second-order valence-corrected chi connectivity index (χ2v) is 5.36. The molecule has 1 N–H and O–H groups in total. The van der Waals surface area contributed by atoms with Crippen LogP contribution < -0.4 is 10.2 Å². The number of hydrogen-bond donors (Lipinski definition) is 1. The van der Waals surface area contributed by atoms with Crippen molar-refractivity contribution < 1.29 is 0 Å². The second-order valence-electron chi connectivity index (χ2n) is 5.36. The van der Waals surface area contributed by atoms with Crippen LogP contribution in [0.15, 0.2) is 90.1 Å². The van der Waals surface area contributed by atoms with E-state index in [2.05, 4.69) is 10.5 Å². The molecule has 3 aromatic rings. The first-order valence-corrected chi connectivity index (χ1v) is 7.67. The van der Waals surface area contributed by atoms with Crippen molar-refractivity contribution in [1.29, 1.82) is 0 Å². The van der Waals surface area contributed by atoms with E-state index in [1.165, 1.54) is 0 Å². The average molecular weight is 319 g/mol. The Morgan fingerprint density at radius 2 is 1.17 bits per heavy atom. The molecule has 0 aliphatic carbocycles. The van der Waals surface area contributed by atoms with Crippen LogP contribution in [0, 0.1) is 4.91 Å². The molecule has 0 fully saturated rings. The predicted octanol–water partition coefficient (Wildman–Crippen LogP) is 5.58. The largest absolute Gasteiger partial charge is 0.378 e. The predicted molar refractivity (Wildman–Crippen MR) is 102 cm³/mol. The number of nitroso groups, excluding NO2 is 1. The molecule has 0 radical (unpaired) electrons. The van der Waals surface area contributed by atoms with E-state index in [-0.39, 0.29) is 0 Å². The molecule has 4 heteroatoms. The molecule has 0 amide bonds. The van der Waals surface area contributed by atoms with Gasteiger partial charge in [-0.2, -0.15) is 0 Å². The molecule has 0 aliphatic rings. The number of hydrogen-bond acceptors (Lipinski definition) is 4. The van der Waals surface area contributed by atoms with E-state index in [1.54, 1.807) is 12.1 Å². The van der Waals surface area contributed by atoms with Crippen LogP contribution in [0.4, 0.5) is 22.7 Å². The fourth-order valence-electron chi connectivity index (χ4n) is 2.02. The summed E-state index contributed by atoms with van der Waals surface area (Å²) in [5, 5.41) is 6.11. The summed E-state index contributed by atoms with van der Waals surface area (Å²) >= 11 is 0. The smallest absolute Gasteiger partial charge is 0.108 e. The van der Waals surface area contributed by atoms with E-state index < -0.39 is 0 Å². The van der Waals surface area contributed by atoms with Crippen molar-refractivity contribution in [3.05, 3.63) is 89.8 Å². The lowest BCUT2D eigenvalue weighted by Gasteiger charge is -2.10. The van der Waals surface area contributed by atoms with Crippen molar-refractivity contribution in [1.82, 2.24) is 0 Å². The lowest BCUT2D eigenvalue weighted by Crippen LogP contribution is -2.07.